The lowest BCUT2D eigenvalue weighted by Crippen LogP contribution is -2.65. The van der Waals surface area contributed by atoms with E-state index in [1.54, 1.807) is 0 Å². The molecular weight excluding hydrogens is 424 g/mol. The summed E-state index contributed by atoms with van der Waals surface area (Å²) in [6.45, 7) is 14.1. The van der Waals surface area contributed by atoms with Gasteiger partial charge in [-0.25, -0.2) is 0 Å². The molecule has 0 saturated heterocycles. The lowest BCUT2D eigenvalue weighted by molar-refractivity contribution is -0.203. The SMILES string of the molecule is CC1(C)CC[C@]2(CO)C(=C3C=C[C@H]4[C@]5(C)CC[C@@H](O)[C@](C)(CO)[C@H]5CC[C@]4(C)[C@@]3(C)C[C@@H]2O)C1. The number of hydrogen-bond acceptors (Lipinski definition) is 4. The Morgan fingerprint density at radius 3 is 2.21 bits per heavy atom. The summed E-state index contributed by atoms with van der Waals surface area (Å²) in [6, 6.07) is 0. The van der Waals surface area contributed by atoms with E-state index < -0.39 is 23.0 Å². The van der Waals surface area contributed by atoms with Crippen LogP contribution in [0.3, 0.4) is 0 Å². The maximum Gasteiger partial charge on any atom is 0.0664 e. The quantitative estimate of drug-likeness (QED) is 0.456. The molecular formula is C30H48O4. The summed E-state index contributed by atoms with van der Waals surface area (Å²) in [5, 5.41) is 43.6. The van der Waals surface area contributed by atoms with E-state index >= 15 is 0 Å². The Labute approximate surface area is 206 Å². The van der Waals surface area contributed by atoms with E-state index in [0.717, 1.165) is 44.9 Å². The van der Waals surface area contributed by atoms with Crippen molar-refractivity contribution in [2.24, 2.45) is 44.3 Å². The van der Waals surface area contributed by atoms with Crippen molar-refractivity contribution >= 4 is 0 Å². The van der Waals surface area contributed by atoms with Crippen LogP contribution in [0.2, 0.25) is 0 Å². The van der Waals surface area contributed by atoms with Crippen LogP contribution in [0.15, 0.2) is 23.3 Å². The van der Waals surface area contributed by atoms with E-state index in [0.29, 0.717) is 12.3 Å². The highest BCUT2D eigenvalue weighted by molar-refractivity contribution is 5.47. The molecule has 5 aliphatic carbocycles. The van der Waals surface area contributed by atoms with Crippen LogP contribution in [0.1, 0.15) is 92.9 Å². The molecule has 5 rings (SSSR count). The molecule has 9 atom stereocenters. The summed E-state index contributed by atoms with van der Waals surface area (Å²) in [4.78, 5) is 0. The topological polar surface area (TPSA) is 80.9 Å². The molecule has 0 aromatic heterocycles. The molecule has 4 N–H and O–H groups in total. The fraction of sp³-hybridized carbons (Fsp3) is 0.867. The number of aliphatic hydroxyl groups is 4. The Balaban J connectivity index is 1.68. The van der Waals surface area contributed by atoms with Crippen molar-refractivity contribution < 1.29 is 20.4 Å². The third kappa shape index (κ3) is 2.86. The van der Waals surface area contributed by atoms with Crippen LogP contribution in [0.4, 0.5) is 0 Å². The molecule has 3 fully saturated rings. The number of rotatable bonds is 2. The zero-order valence-corrected chi connectivity index (χ0v) is 22.3. The second-order valence-electron chi connectivity index (χ2n) is 14.7. The van der Waals surface area contributed by atoms with E-state index in [1.165, 1.54) is 11.1 Å². The Kier molecular flexibility index (Phi) is 5.46. The van der Waals surface area contributed by atoms with Gasteiger partial charge in [-0.1, -0.05) is 59.3 Å². The van der Waals surface area contributed by atoms with E-state index in [2.05, 4.69) is 53.7 Å². The van der Waals surface area contributed by atoms with Crippen molar-refractivity contribution in [3.05, 3.63) is 23.3 Å². The fourth-order valence-corrected chi connectivity index (χ4v) is 10.1. The molecule has 4 nitrogen and oxygen atoms in total. The maximum absolute atomic E-state index is 11.7. The first-order valence-electron chi connectivity index (χ1n) is 13.7. The Bertz CT molecular complexity index is 921. The third-order valence-electron chi connectivity index (χ3n) is 12.7. The van der Waals surface area contributed by atoms with E-state index in [9.17, 15) is 20.4 Å². The van der Waals surface area contributed by atoms with Crippen molar-refractivity contribution in [2.75, 3.05) is 13.2 Å². The summed E-state index contributed by atoms with van der Waals surface area (Å²) < 4.78 is 0. The van der Waals surface area contributed by atoms with Gasteiger partial charge in [0.05, 0.1) is 25.4 Å². The van der Waals surface area contributed by atoms with E-state index in [1.807, 2.05) is 0 Å². The molecule has 0 radical (unpaired) electrons. The third-order valence-corrected chi connectivity index (χ3v) is 12.7. The van der Waals surface area contributed by atoms with Crippen molar-refractivity contribution in [2.45, 2.75) is 105 Å². The number of hydrogen-bond donors (Lipinski definition) is 4. The van der Waals surface area contributed by atoms with Crippen LogP contribution >= 0.6 is 0 Å². The van der Waals surface area contributed by atoms with Gasteiger partial charge in [-0.15, -0.1) is 0 Å². The minimum Gasteiger partial charge on any atom is -0.396 e. The van der Waals surface area contributed by atoms with Crippen LogP contribution < -0.4 is 0 Å². The van der Waals surface area contributed by atoms with Crippen LogP contribution in [-0.2, 0) is 0 Å². The van der Waals surface area contributed by atoms with Gasteiger partial charge in [0, 0.05) is 16.2 Å². The maximum atomic E-state index is 11.7. The monoisotopic (exact) mass is 472 g/mol. The molecule has 0 heterocycles. The molecule has 4 heteroatoms. The molecule has 0 aliphatic heterocycles. The largest absolute Gasteiger partial charge is 0.396 e. The van der Waals surface area contributed by atoms with Gasteiger partial charge < -0.3 is 20.4 Å². The van der Waals surface area contributed by atoms with E-state index in [4.69, 9.17) is 0 Å². The average molecular weight is 473 g/mol. The Morgan fingerprint density at radius 1 is 0.853 bits per heavy atom. The minimum absolute atomic E-state index is 0.00171. The van der Waals surface area contributed by atoms with Gasteiger partial charge in [0.1, 0.15) is 0 Å². The van der Waals surface area contributed by atoms with Gasteiger partial charge >= 0.3 is 0 Å². The van der Waals surface area contributed by atoms with Crippen molar-refractivity contribution in [3.63, 3.8) is 0 Å². The lowest BCUT2D eigenvalue weighted by Gasteiger charge is -2.70. The highest BCUT2D eigenvalue weighted by atomic mass is 16.3. The van der Waals surface area contributed by atoms with Crippen LogP contribution in [0.5, 0.6) is 0 Å². The normalized spacial score (nSPS) is 54.1. The lowest BCUT2D eigenvalue weighted by atomic mass is 9.35. The zero-order chi connectivity index (χ0) is 24.9. The summed E-state index contributed by atoms with van der Waals surface area (Å²) >= 11 is 0. The van der Waals surface area contributed by atoms with Gasteiger partial charge in [-0.05, 0) is 85.0 Å². The van der Waals surface area contributed by atoms with Crippen LogP contribution in [0, 0.1) is 44.3 Å². The smallest absolute Gasteiger partial charge is 0.0664 e. The van der Waals surface area contributed by atoms with E-state index in [-0.39, 0.29) is 40.8 Å². The molecule has 5 aliphatic rings. The molecule has 0 unspecified atom stereocenters. The molecule has 192 valence electrons. The average Bonchev–Trinajstić information content (AvgIpc) is 2.77. The summed E-state index contributed by atoms with van der Waals surface area (Å²) in [5.74, 6) is 0.602. The van der Waals surface area contributed by atoms with Crippen molar-refractivity contribution in [1.29, 1.82) is 0 Å². The summed E-state index contributed by atoms with van der Waals surface area (Å²) in [7, 11) is 0. The van der Waals surface area contributed by atoms with Gasteiger partial charge in [-0.2, -0.15) is 0 Å². The molecule has 0 amide bonds. The van der Waals surface area contributed by atoms with Crippen molar-refractivity contribution in [3.8, 4) is 0 Å². The van der Waals surface area contributed by atoms with Crippen molar-refractivity contribution in [1.82, 2.24) is 0 Å². The molecule has 34 heavy (non-hydrogen) atoms. The van der Waals surface area contributed by atoms with Gasteiger partial charge in [0.2, 0.25) is 0 Å². The summed E-state index contributed by atoms with van der Waals surface area (Å²) in [5.41, 5.74) is 1.75. The number of fused-ring (bicyclic) bond motifs is 6. The highest BCUT2D eigenvalue weighted by Gasteiger charge is 2.68. The second-order valence-corrected chi connectivity index (χ2v) is 14.7. The van der Waals surface area contributed by atoms with Crippen LogP contribution in [0.25, 0.3) is 0 Å². The van der Waals surface area contributed by atoms with Gasteiger partial charge in [0.15, 0.2) is 0 Å². The predicted octanol–water partition coefficient (Wildman–Crippen LogP) is 5.00. The Morgan fingerprint density at radius 2 is 1.56 bits per heavy atom. The predicted molar refractivity (Wildman–Crippen MR) is 135 cm³/mol. The fourth-order valence-electron chi connectivity index (χ4n) is 10.1. The molecule has 0 aromatic carbocycles. The first kappa shape index (κ1) is 25.0. The molecule has 0 aromatic rings. The van der Waals surface area contributed by atoms with Gasteiger partial charge in [-0.3, -0.25) is 0 Å². The number of aliphatic hydroxyl groups excluding tert-OH is 4. The molecule has 3 saturated carbocycles. The summed E-state index contributed by atoms with van der Waals surface area (Å²) in [6.07, 6.45) is 11.1. The first-order chi connectivity index (χ1) is 15.7. The van der Waals surface area contributed by atoms with Crippen LogP contribution in [-0.4, -0.2) is 45.8 Å². The van der Waals surface area contributed by atoms with Gasteiger partial charge in [0.25, 0.3) is 0 Å². The highest BCUT2D eigenvalue weighted by Crippen LogP contribution is 2.74. The first-order valence-corrected chi connectivity index (χ1v) is 13.7. The molecule has 0 bridgehead atoms. The second kappa shape index (κ2) is 7.43. The number of allylic oxidation sites excluding steroid dienone is 3. The molecule has 0 spiro atoms. The standard InChI is InChI=1S/C30H48O4/c1-25(2)13-14-30(18-32)20(15-25)19-7-8-22-26(3)11-10-23(33)27(4,17-31)21(26)9-12-28(22,5)29(19,6)16-24(30)34/h7-8,21-24,31-34H,9-18H2,1-6H3/t21-,22-,23+,24-,26+,27+,28-,29-,30-/m0/s1. The minimum atomic E-state index is -0.525. The Hall–Kier alpha value is -0.680. The zero-order valence-electron chi connectivity index (χ0n) is 22.3.